The third-order valence-corrected chi connectivity index (χ3v) is 3.34. The Morgan fingerprint density at radius 2 is 2.17 bits per heavy atom. The fourth-order valence-electron chi connectivity index (χ4n) is 1.39. The number of nitrogens with one attached hydrogen (secondary N) is 1. The van der Waals surface area contributed by atoms with Crippen molar-refractivity contribution in [1.82, 2.24) is 9.88 Å². The summed E-state index contributed by atoms with van der Waals surface area (Å²) in [7, 11) is 0.170. The normalized spacial score (nSPS) is 11.1. The molecule has 1 aromatic heterocycles. The predicted octanol–water partition coefficient (Wildman–Crippen LogP) is 0.240. The van der Waals surface area contributed by atoms with Crippen molar-refractivity contribution in [1.29, 1.82) is 0 Å². The van der Waals surface area contributed by atoms with E-state index in [9.17, 15) is 13.2 Å². The molecule has 0 unspecified atom stereocenters. The molecule has 1 amide bonds. The molecule has 0 bridgehead atoms. The Hall–Kier alpha value is -1.63. The molecule has 7 heteroatoms. The molecular formula is C11H17N3O3S. The number of amides is 1. The van der Waals surface area contributed by atoms with E-state index >= 15 is 0 Å². The second-order valence-corrected chi connectivity index (χ2v) is 6.27. The predicted molar refractivity (Wildman–Crippen MR) is 70.5 cm³/mol. The Kier molecular flexibility index (Phi) is 4.66. The van der Waals surface area contributed by atoms with Crippen LogP contribution in [0.3, 0.4) is 0 Å². The zero-order valence-corrected chi connectivity index (χ0v) is 11.5. The van der Waals surface area contributed by atoms with Crippen molar-refractivity contribution in [3.8, 4) is 0 Å². The van der Waals surface area contributed by atoms with Crippen molar-refractivity contribution in [2.75, 3.05) is 38.0 Å². The van der Waals surface area contributed by atoms with E-state index in [1.54, 1.807) is 32.4 Å². The van der Waals surface area contributed by atoms with Crippen LogP contribution in [0.4, 0.5) is 5.82 Å². The number of aromatic nitrogens is 1. The molecule has 0 aromatic carbocycles. The highest BCUT2D eigenvalue weighted by Crippen LogP contribution is 2.12. The topological polar surface area (TPSA) is 79.4 Å². The summed E-state index contributed by atoms with van der Waals surface area (Å²) in [6, 6.07) is 3.32. The third kappa shape index (κ3) is 3.99. The number of sulfone groups is 1. The maximum absolute atomic E-state index is 12.1. The van der Waals surface area contributed by atoms with Gasteiger partial charge < -0.3 is 10.2 Å². The first-order valence-electron chi connectivity index (χ1n) is 5.41. The smallest absolute Gasteiger partial charge is 0.257 e. The summed E-state index contributed by atoms with van der Waals surface area (Å²) < 4.78 is 22.1. The minimum atomic E-state index is -3.08. The van der Waals surface area contributed by atoms with Gasteiger partial charge >= 0.3 is 0 Å². The van der Waals surface area contributed by atoms with Gasteiger partial charge in [-0.2, -0.15) is 0 Å². The fourth-order valence-corrected chi connectivity index (χ4v) is 1.99. The summed E-state index contributed by atoms with van der Waals surface area (Å²) in [5.74, 6) is 0.175. The molecule has 0 radical (unpaired) electrons. The van der Waals surface area contributed by atoms with Crippen LogP contribution in [0.25, 0.3) is 0 Å². The average molecular weight is 271 g/mol. The molecule has 0 fully saturated rings. The second kappa shape index (κ2) is 5.81. The molecule has 0 saturated carbocycles. The highest BCUT2D eigenvalue weighted by molar-refractivity contribution is 7.90. The molecule has 0 saturated heterocycles. The quantitative estimate of drug-likeness (QED) is 0.830. The number of carbonyl (C=O) groups excluding carboxylic acids is 1. The van der Waals surface area contributed by atoms with Crippen LogP contribution < -0.4 is 5.32 Å². The first-order chi connectivity index (χ1) is 8.35. The monoisotopic (exact) mass is 271 g/mol. The van der Waals surface area contributed by atoms with E-state index in [4.69, 9.17) is 0 Å². The van der Waals surface area contributed by atoms with Crippen LogP contribution in [0.1, 0.15) is 10.4 Å². The van der Waals surface area contributed by atoms with Gasteiger partial charge in [0.05, 0.1) is 11.3 Å². The van der Waals surface area contributed by atoms with Crippen molar-refractivity contribution in [2.45, 2.75) is 0 Å². The van der Waals surface area contributed by atoms with Crippen LogP contribution in [-0.2, 0) is 9.84 Å². The van der Waals surface area contributed by atoms with Gasteiger partial charge in [-0.05, 0) is 12.1 Å². The maximum Gasteiger partial charge on any atom is 0.257 e. The van der Waals surface area contributed by atoms with Crippen molar-refractivity contribution < 1.29 is 13.2 Å². The summed E-state index contributed by atoms with van der Waals surface area (Å²) in [6.07, 6.45) is 2.73. The highest BCUT2D eigenvalue weighted by atomic mass is 32.2. The number of hydrogen-bond donors (Lipinski definition) is 1. The van der Waals surface area contributed by atoms with Gasteiger partial charge in [-0.1, -0.05) is 0 Å². The minimum Gasteiger partial charge on any atom is -0.372 e. The van der Waals surface area contributed by atoms with Crippen LogP contribution in [0.15, 0.2) is 18.3 Å². The van der Waals surface area contributed by atoms with E-state index in [-0.39, 0.29) is 18.2 Å². The number of hydrogen-bond acceptors (Lipinski definition) is 5. The molecule has 18 heavy (non-hydrogen) atoms. The van der Waals surface area contributed by atoms with E-state index in [1.165, 1.54) is 4.90 Å². The molecule has 6 nitrogen and oxygen atoms in total. The van der Waals surface area contributed by atoms with Gasteiger partial charge in [0, 0.05) is 33.1 Å². The van der Waals surface area contributed by atoms with E-state index in [1.807, 2.05) is 0 Å². The van der Waals surface area contributed by atoms with Crippen LogP contribution in [0.2, 0.25) is 0 Å². The fraction of sp³-hybridized carbons (Fsp3) is 0.455. The van der Waals surface area contributed by atoms with Crippen molar-refractivity contribution in [2.24, 2.45) is 0 Å². The Bertz CT molecular complexity index is 528. The largest absolute Gasteiger partial charge is 0.372 e. The molecule has 0 aliphatic heterocycles. The third-order valence-electron chi connectivity index (χ3n) is 2.42. The summed E-state index contributed by atoms with van der Waals surface area (Å²) >= 11 is 0. The molecule has 0 aliphatic rings. The maximum atomic E-state index is 12.1. The van der Waals surface area contributed by atoms with E-state index in [0.29, 0.717) is 11.4 Å². The van der Waals surface area contributed by atoms with Crippen molar-refractivity contribution in [3.63, 3.8) is 0 Å². The van der Waals surface area contributed by atoms with Gasteiger partial charge in [-0.25, -0.2) is 13.4 Å². The summed E-state index contributed by atoms with van der Waals surface area (Å²) in [4.78, 5) is 17.5. The molecule has 0 atom stereocenters. The lowest BCUT2D eigenvalue weighted by atomic mass is 10.2. The first-order valence-corrected chi connectivity index (χ1v) is 7.47. The first kappa shape index (κ1) is 14.4. The molecule has 0 spiro atoms. The lowest BCUT2D eigenvalue weighted by Gasteiger charge is -2.17. The molecule has 1 rings (SSSR count). The Labute approximate surface area is 107 Å². The number of rotatable bonds is 5. The van der Waals surface area contributed by atoms with Gasteiger partial charge in [0.25, 0.3) is 5.91 Å². The lowest BCUT2D eigenvalue weighted by molar-refractivity contribution is 0.0804. The van der Waals surface area contributed by atoms with Crippen LogP contribution in [0.5, 0.6) is 0 Å². The zero-order chi connectivity index (χ0) is 13.8. The molecule has 100 valence electrons. The molecule has 1 aromatic rings. The zero-order valence-electron chi connectivity index (χ0n) is 10.7. The second-order valence-electron chi connectivity index (χ2n) is 4.01. The van der Waals surface area contributed by atoms with Crippen LogP contribution in [0, 0.1) is 0 Å². The van der Waals surface area contributed by atoms with Gasteiger partial charge in [-0.15, -0.1) is 0 Å². The Balaban J connectivity index is 2.80. The van der Waals surface area contributed by atoms with Gasteiger partial charge in [0.15, 0.2) is 0 Å². The van der Waals surface area contributed by atoms with E-state index < -0.39 is 9.84 Å². The Morgan fingerprint density at radius 3 is 2.72 bits per heavy atom. The minimum absolute atomic E-state index is 0.0512. The van der Waals surface area contributed by atoms with Crippen molar-refractivity contribution >= 4 is 21.6 Å². The van der Waals surface area contributed by atoms with Crippen molar-refractivity contribution in [3.05, 3.63) is 23.9 Å². The van der Waals surface area contributed by atoms with E-state index in [0.717, 1.165) is 6.26 Å². The number of nitrogens with zero attached hydrogens (tertiary/aromatic N) is 2. The Morgan fingerprint density at radius 1 is 1.50 bits per heavy atom. The number of pyridine rings is 1. The number of carbonyl (C=O) groups is 1. The SMILES string of the molecule is CNc1ncccc1C(=O)N(C)CCS(C)(=O)=O. The molecular weight excluding hydrogens is 254 g/mol. The van der Waals surface area contributed by atoms with E-state index in [2.05, 4.69) is 10.3 Å². The standard InChI is InChI=1S/C11H17N3O3S/c1-12-10-9(5-4-6-13-10)11(15)14(2)7-8-18(3,16)17/h4-6H,7-8H2,1-3H3,(H,12,13). The van der Waals surface area contributed by atoms with Crippen LogP contribution in [-0.4, -0.2) is 56.9 Å². The molecule has 1 N–H and O–H groups in total. The van der Waals surface area contributed by atoms with Crippen LogP contribution >= 0.6 is 0 Å². The van der Waals surface area contributed by atoms with Gasteiger partial charge in [-0.3, -0.25) is 4.79 Å². The van der Waals surface area contributed by atoms with Gasteiger partial charge in [0.2, 0.25) is 0 Å². The lowest BCUT2D eigenvalue weighted by Crippen LogP contribution is -2.32. The summed E-state index contributed by atoms with van der Waals surface area (Å²) in [6.45, 7) is 0.162. The van der Waals surface area contributed by atoms with Gasteiger partial charge in [0.1, 0.15) is 15.7 Å². The number of anilines is 1. The molecule has 1 heterocycles. The average Bonchev–Trinajstić information content (AvgIpc) is 2.34. The summed E-state index contributed by atoms with van der Waals surface area (Å²) in [5, 5.41) is 2.83. The molecule has 0 aliphatic carbocycles. The highest BCUT2D eigenvalue weighted by Gasteiger charge is 2.17. The summed E-state index contributed by atoms with van der Waals surface area (Å²) in [5.41, 5.74) is 0.427.